The van der Waals surface area contributed by atoms with Gasteiger partial charge in [0.2, 0.25) is 5.91 Å². The molecule has 2 aliphatic heterocycles. The van der Waals surface area contributed by atoms with Gasteiger partial charge in [-0.3, -0.25) is 9.36 Å². The summed E-state index contributed by atoms with van der Waals surface area (Å²) in [5.74, 6) is -0.630. The molecular formula is C11H16N2O8P-. The quantitative estimate of drug-likeness (QED) is 0.397. The zero-order chi connectivity index (χ0) is 16.5. The van der Waals surface area contributed by atoms with Gasteiger partial charge in [-0.05, 0) is 6.42 Å². The Balaban J connectivity index is 2.06. The summed E-state index contributed by atoms with van der Waals surface area (Å²) in [6, 6.07) is 0. The Morgan fingerprint density at radius 1 is 1.55 bits per heavy atom. The van der Waals surface area contributed by atoms with Crippen molar-refractivity contribution in [3.05, 3.63) is 24.0 Å². The molecule has 0 saturated carbocycles. The van der Waals surface area contributed by atoms with E-state index in [1.54, 1.807) is 6.08 Å². The van der Waals surface area contributed by atoms with E-state index in [9.17, 15) is 24.5 Å². The van der Waals surface area contributed by atoms with Crippen LogP contribution < -0.4 is 10.6 Å². The molecule has 2 heterocycles. The Kier molecular flexibility index (Phi) is 5.03. The van der Waals surface area contributed by atoms with Gasteiger partial charge in [0.1, 0.15) is 18.3 Å². The fourth-order valence-corrected chi connectivity index (χ4v) is 2.52. The minimum absolute atomic E-state index is 0.284. The van der Waals surface area contributed by atoms with Gasteiger partial charge in [0.25, 0.3) is 7.82 Å². The summed E-state index contributed by atoms with van der Waals surface area (Å²) in [6.07, 6.45) is -0.199. The SMILES string of the molecule is NC(=O)C1=CN([C@@H]2O[C@H](COP(=O)([O-])O)[C@H](O)C2O)C=CC1. The number of nitrogens with two attached hydrogens (primary N) is 1. The van der Waals surface area contributed by atoms with Crippen molar-refractivity contribution >= 4 is 13.7 Å². The summed E-state index contributed by atoms with van der Waals surface area (Å²) in [7, 11) is -4.96. The number of hydrogen-bond acceptors (Lipinski definition) is 8. The second-order valence-electron chi connectivity index (χ2n) is 4.87. The molecule has 1 fully saturated rings. The van der Waals surface area contributed by atoms with E-state index < -0.39 is 44.9 Å². The van der Waals surface area contributed by atoms with Crippen molar-refractivity contribution in [2.24, 2.45) is 5.73 Å². The van der Waals surface area contributed by atoms with E-state index in [-0.39, 0.29) is 5.57 Å². The molecule has 11 heteroatoms. The van der Waals surface area contributed by atoms with Crippen molar-refractivity contribution in [3.8, 4) is 0 Å². The zero-order valence-corrected chi connectivity index (χ0v) is 12.2. The van der Waals surface area contributed by atoms with Crippen molar-refractivity contribution in [3.63, 3.8) is 0 Å². The molecule has 0 spiro atoms. The molecule has 0 radical (unpaired) electrons. The number of phosphoric acid groups is 1. The Morgan fingerprint density at radius 2 is 2.23 bits per heavy atom. The van der Waals surface area contributed by atoms with Gasteiger partial charge in [-0.2, -0.15) is 0 Å². The van der Waals surface area contributed by atoms with Crippen LogP contribution in [0.3, 0.4) is 0 Å². The summed E-state index contributed by atoms with van der Waals surface area (Å²) in [5.41, 5.74) is 5.46. The van der Waals surface area contributed by atoms with Gasteiger partial charge in [-0.25, -0.2) is 0 Å². The number of ether oxygens (including phenoxy) is 1. The lowest BCUT2D eigenvalue weighted by Gasteiger charge is -2.28. The maximum absolute atomic E-state index is 11.2. The maximum Gasteiger partial charge on any atom is 0.265 e. The first-order valence-electron chi connectivity index (χ1n) is 6.33. The third kappa shape index (κ3) is 3.93. The molecule has 5 N–H and O–H groups in total. The number of nitrogens with zero attached hydrogens (tertiary/aromatic N) is 1. The van der Waals surface area contributed by atoms with Gasteiger partial charge in [-0.15, -0.1) is 0 Å². The van der Waals surface area contributed by atoms with Crippen LogP contribution >= 0.6 is 7.82 Å². The molecule has 0 aromatic rings. The molecule has 0 aromatic heterocycles. The second-order valence-corrected chi connectivity index (χ2v) is 6.06. The fourth-order valence-electron chi connectivity index (χ4n) is 2.18. The zero-order valence-electron chi connectivity index (χ0n) is 11.3. The van der Waals surface area contributed by atoms with Crippen LogP contribution in [0, 0.1) is 0 Å². The first-order valence-corrected chi connectivity index (χ1v) is 7.83. The van der Waals surface area contributed by atoms with Crippen molar-refractivity contribution < 1.29 is 38.6 Å². The van der Waals surface area contributed by atoms with E-state index in [1.165, 1.54) is 17.3 Å². The summed E-state index contributed by atoms with van der Waals surface area (Å²) < 4.78 is 20.0. The number of carbonyl (C=O) groups excluding carboxylic acids is 1. The van der Waals surface area contributed by atoms with Crippen LogP contribution in [0.25, 0.3) is 0 Å². The summed E-state index contributed by atoms with van der Waals surface area (Å²) in [6.45, 7) is -0.657. The molecule has 0 aliphatic carbocycles. The lowest BCUT2D eigenvalue weighted by molar-refractivity contribution is -0.223. The minimum atomic E-state index is -4.96. The predicted octanol–water partition coefficient (Wildman–Crippen LogP) is -2.50. The lowest BCUT2D eigenvalue weighted by atomic mass is 10.1. The van der Waals surface area contributed by atoms with Crippen LogP contribution in [-0.2, 0) is 18.6 Å². The van der Waals surface area contributed by atoms with Gasteiger partial charge in [0, 0.05) is 18.0 Å². The number of primary amides is 1. The summed E-state index contributed by atoms with van der Waals surface area (Å²) in [5, 5.41) is 19.8. The molecule has 5 atom stereocenters. The second kappa shape index (κ2) is 6.47. The Labute approximate surface area is 125 Å². The van der Waals surface area contributed by atoms with E-state index in [1.807, 2.05) is 0 Å². The number of rotatable bonds is 5. The third-order valence-corrected chi connectivity index (χ3v) is 3.75. The highest BCUT2D eigenvalue weighted by Gasteiger charge is 2.45. The first kappa shape index (κ1) is 17.1. The molecule has 1 amide bonds. The molecule has 0 aromatic carbocycles. The number of amides is 1. The van der Waals surface area contributed by atoms with Gasteiger partial charge in [0.15, 0.2) is 6.23 Å². The minimum Gasteiger partial charge on any atom is -0.756 e. The molecule has 2 rings (SSSR count). The molecule has 10 nitrogen and oxygen atoms in total. The number of phosphoric ester groups is 1. The normalized spacial score (nSPS) is 34.4. The third-order valence-electron chi connectivity index (χ3n) is 3.27. The van der Waals surface area contributed by atoms with E-state index in [4.69, 9.17) is 15.4 Å². The van der Waals surface area contributed by atoms with Crippen LogP contribution in [0.15, 0.2) is 24.0 Å². The van der Waals surface area contributed by atoms with Crippen molar-refractivity contribution in [1.29, 1.82) is 0 Å². The number of carbonyl (C=O) groups is 1. The average Bonchev–Trinajstić information content (AvgIpc) is 2.72. The van der Waals surface area contributed by atoms with E-state index >= 15 is 0 Å². The highest BCUT2D eigenvalue weighted by Crippen LogP contribution is 2.33. The number of aliphatic hydroxyl groups excluding tert-OH is 2. The fraction of sp³-hybridized carbons (Fsp3) is 0.545. The van der Waals surface area contributed by atoms with Crippen LogP contribution in [-0.4, -0.2) is 57.1 Å². The Morgan fingerprint density at radius 3 is 2.82 bits per heavy atom. The maximum atomic E-state index is 11.2. The van der Waals surface area contributed by atoms with Crippen LogP contribution in [0.2, 0.25) is 0 Å². The number of hydrogen-bond donors (Lipinski definition) is 4. The van der Waals surface area contributed by atoms with E-state index in [2.05, 4.69) is 4.52 Å². The summed E-state index contributed by atoms with van der Waals surface area (Å²) >= 11 is 0. The highest BCUT2D eigenvalue weighted by molar-refractivity contribution is 7.44. The molecular weight excluding hydrogens is 319 g/mol. The monoisotopic (exact) mass is 335 g/mol. The Hall–Kier alpha value is -1.26. The van der Waals surface area contributed by atoms with Crippen molar-refractivity contribution in [2.45, 2.75) is 31.0 Å². The van der Waals surface area contributed by atoms with Crippen LogP contribution in [0.4, 0.5) is 0 Å². The van der Waals surface area contributed by atoms with Gasteiger partial charge in [0.05, 0.1) is 6.61 Å². The van der Waals surface area contributed by atoms with Crippen LogP contribution in [0.5, 0.6) is 0 Å². The topological polar surface area (TPSA) is 166 Å². The Bertz CT molecular complexity index is 544. The standard InChI is InChI=1S/C11H17N2O8P/c12-10(16)6-2-1-3-13(4-6)11-9(15)8(14)7(21-11)5-20-22(17,18)19/h1,3-4,7-9,11,14-15H,2,5H2,(H2,12,16)(H2,17,18,19)/p-1/t7-,8+,9?,11-/m1/s1. The number of allylic oxidation sites excluding steroid dienone is 1. The average molecular weight is 335 g/mol. The smallest absolute Gasteiger partial charge is 0.265 e. The van der Waals surface area contributed by atoms with Gasteiger partial charge >= 0.3 is 0 Å². The molecule has 2 unspecified atom stereocenters. The molecule has 2 aliphatic rings. The molecule has 1 saturated heterocycles. The van der Waals surface area contributed by atoms with E-state index in [0.717, 1.165) is 0 Å². The lowest BCUT2D eigenvalue weighted by Crippen LogP contribution is -2.40. The van der Waals surface area contributed by atoms with E-state index in [0.29, 0.717) is 6.42 Å². The van der Waals surface area contributed by atoms with Gasteiger partial charge in [-0.1, -0.05) is 6.08 Å². The van der Waals surface area contributed by atoms with Crippen molar-refractivity contribution in [1.82, 2.24) is 4.90 Å². The largest absolute Gasteiger partial charge is 0.756 e. The highest BCUT2D eigenvalue weighted by atomic mass is 31.2. The summed E-state index contributed by atoms with van der Waals surface area (Å²) in [4.78, 5) is 31.6. The number of aliphatic hydroxyl groups is 2. The van der Waals surface area contributed by atoms with Gasteiger partial charge < -0.3 is 39.9 Å². The van der Waals surface area contributed by atoms with Crippen molar-refractivity contribution in [2.75, 3.05) is 6.61 Å². The molecule has 0 bridgehead atoms. The molecule has 22 heavy (non-hydrogen) atoms. The van der Waals surface area contributed by atoms with Crippen LogP contribution in [0.1, 0.15) is 6.42 Å². The predicted molar refractivity (Wildman–Crippen MR) is 69.3 cm³/mol. The first-order chi connectivity index (χ1) is 10.2. The molecule has 124 valence electrons.